The lowest BCUT2D eigenvalue weighted by atomic mass is 9.90. The third-order valence-corrected chi connectivity index (χ3v) is 3.48. The number of amides is 2. The lowest BCUT2D eigenvalue weighted by Crippen LogP contribution is -2.47. The zero-order valence-corrected chi connectivity index (χ0v) is 13.0. The molecule has 0 heterocycles. The number of anilines is 1. The van der Waals surface area contributed by atoms with Crippen LogP contribution in [0.2, 0.25) is 5.02 Å². The van der Waals surface area contributed by atoms with Crippen molar-refractivity contribution in [2.24, 2.45) is 5.41 Å². The molecule has 0 spiro atoms. The molecule has 1 atom stereocenters. The van der Waals surface area contributed by atoms with Crippen LogP contribution in [0.15, 0.2) is 24.3 Å². The molecule has 0 saturated heterocycles. The normalized spacial score (nSPS) is 12.7. The second-order valence-corrected chi connectivity index (χ2v) is 5.81. The van der Waals surface area contributed by atoms with Gasteiger partial charge in [-0.25, -0.2) is 0 Å². The summed E-state index contributed by atoms with van der Waals surface area (Å²) in [6.45, 7) is 7.10. The molecule has 1 aromatic rings. The van der Waals surface area contributed by atoms with Crippen molar-refractivity contribution in [1.82, 2.24) is 5.32 Å². The van der Waals surface area contributed by atoms with E-state index in [-0.39, 0.29) is 17.9 Å². The maximum absolute atomic E-state index is 12.2. The smallest absolute Gasteiger partial charge is 0.239 e. The van der Waals surface area contributed by atoms with Gasteiger partial charge in [0.2, 0.25) is 11.8 Å². The van der Waals surface area contributed by atoms with E-state index >= 15 is 0 Å². The van der Waals surface area contributed by atoms with Crippen molar-refractivity contribution in [1.29, 1.82) is 0 Å². The Kier molecular flexibility index (Phi) is 5.57. The van der Waals surface area contributed by atoms with Gasteiger partial charge in [-0.2, -0.15) is 0 Å². The van der Waals surface area contributed by atoms with Crippen molar-refractivity contribution >= 4 is 29.1 Å². The lowest BCUT2D eigenvalue weighted by molar-refractivity contribution is -0.138. The van der Waals surface area contributed by atoms with Crippen LogP contribution in [-0.2, 0) is 9.59 Å². The number of benzene rings is 1. The molecule has 5 heteroatoms. The van der Waals surface area contributed by atoms with E-state index in [0.29, 0.717) is 10.7 Å². The van der Waals surface area contributed by atoms with Crippen molar-refractivity contribution in [3.8, 4) is 0 Å². The van der Waals surface area contributed by atoms with E-state index in [1.54, 1.807) is 38.1 Å². The first-order valence-corrected chi connectivity index (χ1v) is 7.03. The molecule has 0 aliphatic heterocycles. The predicted octanol–water partition coefficient (Wildman–Crippen LogP) is 3.22. The highest BCUT2D eigenvalue weighted by molar-refractivity contribution is 6.30. The second-order valence-electron chi connectivity index (χ2n) is 5.37. The third-order valence-electron chi connectivity index (χ3n) is 3.23. The molecule has 1 unspecified atom stereocenters. The molecule has 0 radical (unpaired) electrons. The van der Waals surface area contributed by atoms with Gasteiger partial charge in [0, 0.05) is 16.8 Å². The first-order valence-electron chi connectivity index (χ1n) is 6.65. The van der Waals surface area contributed by atoms with E-state index in [2.05, 4.69) is 10.6 Å². The Bertz CT molecular complexity index is 483. The largest absolute Gasteiger partial charge is 0.353 e. The first kappa shape index (κ1) is 16.5. The number of halogens is 1. The molecule has 110 valence electrons. The summed E-state index contributed by atoms with van der Waals surface area (Å²) in [5.74, 6) is -0.626. The second kappa shape index (κ2) is 6.75. The number of rotatable bonds is 5. The van der Waals surface area contributed by atoms with E-state index < -0.39 is 5.41 Å². The Morgan fingerprint density at radius 1 is 1.20 bits per heavy atom. The van der Waals surface area contributed by atoms with Crippen molar-refractivity contribution in [2.45, 2.75) is 40.2 Å². The quantitative estimate of drug-likeness (QED) is 0.820. The van der Waals surface area contributed by atoms with Crippen molar-refractivity contribution in [3.05, 3.63) is 29.3 Å². The van der Waals surface area contributed by atoms with Crippen LogP contribution in [0.3, 0.4) is 0 Å². The van der Waals surface area contributed by atoms with Crippen molar-refractivity contribution in [2.75, 3.05) is 5.32 Å². The minimum absolute atomic E-state index is 0.0464. The van der Waals surface area contributed by atoms with E-state index in [0.717, 1.165) is 6.42 Å². The van der Waals surface area contributed by atoms with Gasteiger partial charge in [0.15, 0.2) is 0 Å². The average molecular weight is 297 g/mol. The van der Waals surface area contributed by atoms with E-state index in [1.807, 2.05) is 13.8 Å². The number of hydrogen-bond acceptors (Lipinski definition) is 2. The minimum Gasteiger partial charge on any atom is -0.353 e. The molecule has 0 aliphatic rings. The Balaban J connectivity index is 2.73. The van der Waals surface area contributed by atoms with Crippen LogP contribution in [-0.4, -0.2) is 17.9 Å². The highest BCUT2D eigenvalue weighted by atomic mass is 35.5. The molecule has 4 nitrogen and oxygen atoms in total. The third kappa shape index (κ3) is 4.23. The van der Waals surface area contributed by atoms with Crippen molar-refractivity contribution in [3.63, 3.8) is 0 Å². The standard InChI is InChI=1S/C15H21ClN2O2/c1-5-10(2)17-13(19)15(3,4)14(20)18-12-8-6-11(16)7-9-12/h6-10H,5H2,1-4H3,(H,17,19)(H,18,20). The van der Waals surface area contributed by atoms with E-state index in [4.69, 9.17) is 11.6 Å². The fourth-order valence-electron chi connectivity index (χ4n) is 1.43. The molecule has 0 fully saturated rings. The number of carbonyl (C=O) groups excluding carboxylic acids is 2. The molecule has 2 N–H and O–H groups in total. The van der Waals surface area contributed by atoms with Crippen LogP contribution in [0.1, 0.15) is 34.1 Å². The maximum Gasteiger partial charge on any atom is 0.239 e. The summed E-state index contributed by atoms with van der Waals surface area (Å²) in [7, 11) is 0. The minimum atomic E-state index is -1.14. The van der Waals surface area contributed by atoms with Gasteiger partial charge in [-0.15, -0.1) is 0 Å². The van der Waals surface area contributed by atoms with Crippen molar-refractivity contribution < 1.29 is 9.59 Å². The Hall–Kier alpha value is -1.55. The fourth-order valence-corrected chi connectivity index (χ4v) is 1.56. The topological polar surface area (TPSA) is 58.2 Å². The van der Waals surface area contributed by atoms with E-state index in [9.17, 15) is 9.59 Å². The van der Waals surface area contributed by atoms with Gasteiger partial charge >= 0.3 is 0 Å². The monoisotopic (exact) mass is 296 g/mol. The summed E-state index contributed by atoms with van der Waals surface area (Å²) in [6.07, 6.45) is 0.820. The zero-order valence-electron chi connectivity index (χ0n) is 12.3. The van der Waals surface area contributed by atoms with Gasteiger partial charge in [-0.3, -0.25) is 9.59 Å². The molecule has 0 bridgehead atoms. The molecule has 0 aromatic heterocycles. The fraction of sp³-hybridized carbons (Fsp3) is 0.467. The van der Waals surface area contributed by atoms with Gasteiger partial charge in [0.05, 0.1) is 0 Å². The van der Waals surface area contributed by atoms with Crippen LogP contribution in [0, 0.1) is 5.41 Å². The zero-order chi connectivity index (χ0) is 15.3. The summed E-state index contributed by atoms with van der Waals surface area (Å²) in [5.41, 5.74) is -0.521. The van der Waals surface area contributed by atoms with Gasteiger partial charge in [-0.1, -0.05) is 18.5 Å². The average Bonchev–Trinajstić information content (AvgIpc) is 2.40. The molecular formula is C15H21ClN2O2. The Morgan fingerprint density at radius 2 is 1.75 bits per heavy atom. The van der Waals surface area contributed by atoms with Crippen LogP contribution in [0.4, 0.5) is 5.69 Å². The molecule has 2 amide bonds. The molecule has 0 aliphatic carbocycles. The van der Waals surface area contributed by atoms with Gasteiger partial charge in [-0.05, 0) is 51.5 Å². The van der Waals surface area contributed by atoms with Crippen LogP contribution in [0.5, 0.6) is 0 Å². The Labute approximate surface area is 124 Å². The summed E-state index contributed by atoms with van der Waals surface area (Å²) in [5, 5.41) is 6.14. The van der Waals surface area contributed by atoms with E-state index in [1.165, 1.54) is 0 Å². The maximum atomic E-state index is 12.2. The number of carbonyl (C=O) groups is 2. The van der Waals surface area contributed by atoms with Gasteiger partial charge in [0.1, 0.15) is 5.41 Å². The summed E-state index contributed by atoms with van der Waals surface area (Å²) in [6, 6.07) is 6.81. The highest BCUT2D eigenvalue weighted by Crippen LogP contribution is 2.20. The van der Waals surface area contributed by atoms with Crippen LogP contribution >= 0.6 is 11.6 Å². The summed E-state index contributed by atoms with van der Waals surface area (Å²) in [4.78, 5) is 24.4. The summed E-state index contributed by atoms with van der Waals surface area (Å²) >= 11 is 5.78. The molecule has 1 aromatic carbocycles. The molecule has 20 heavy (non-hydrogen) atoms. The van der Waals surface area contributed by atoms with Gasteiger partial charge in [0.25, 0.3) is 0 Å². The molecule has 0 saturated carbocycles. The Morgan fingerprint density at radius 3 is 2.25 bits per heavy atom. The summed E-state index contributed by atoms with van der Waals surface area (Å²) < 4.78 is 0. The SMILES string of the molecule is CCC(C)NC(=O)C(C)(C)C(=O)Nc1ccc(Cl)cc1. The molecular weight excluding hydrogens is 276 g/mol. The van der Waals surface area contributed by atoms with Crippen LogP contribution in [0.25, 0.3) is 0 Å². The molecule has 1 rings (SSSR count). The van der Waals surface area contributed by atoms with Crippen LogP contribution < -0.4 is 10.6 Å². The number of nitrogens with one attached hydrogen (secondary N) is 2. The number of hydrogen-bond donors (Lipinski definition) is 2. The van der Waals surface area contributed by atoms with Gasteiger partial charge < -0.3 is 10.6 Å². The lowest BCUT2D eigenvalue weighted by Gasteiger charge is -2.24. The predicted molar refractivity (Wildman–Crippen MR) is 81.8 cm³/mol. The highest BCUT2D eigenvalue weighted by Gasteiger charge is 2.36. The first-order chi connectivity index (χ1) is 9.27.